The van der Waals surface area contributed by atoms with E-state index in [9.17, 15) is 9.59 Å². The molecule has 3 rings (SSSR count). The molecule has 0 saturated heterocycles. The molecular weight excluding hydrogens is 372 g/mol. The molecule has 0 bridgehead atoms. The highest BCUT2D eigenvalue weighted by atomic mass is 32.1. The summed E-state index contributed by atoms with van der Waals surface area (Å²) in [5.41, 5.74) is 2.44. The number of carbonyl (C=O) groups is 2. The van der Waals surface area contributed by atoms with Gasteiger partial charge in [0.2, 0.25) is 0 Å². The minimum absolute atomic E-state index is 0.227. The van der Waals surface area contributed by atoms with Gasteiger partial charge in [0.1, 0.15) is 5.69 Å². The molecule has 1 aromatic heterocycles. The Hall–Kier alpha value is -2.99. The molecule has 2 aromatic carbocycles. The number of hydrogen-bond donors (Lipinski definition) is 0. The molecule has 6 heteroatoms. The van der Waals surface area contributed by atoms with Gasteiger partial charge in [-0.15, -0.1) is 11.3 Å². The Morgan fingerprint density at radius 1 is 1.04 bits per heavy atom. The molecule has 0 spiro atoms. The van der Waals surface area contributed by atoms with E-state index in [1.54, 1.807) is 41.5 Å². The van der Waals surface area contributed by atoms with Gasteiger partial charge in [0.05, 0.1) is 22.9 Å². The zero-order valence-corrected chi connectivity index (χ0v) is 16.7. The Bertz CT molecular complexity index is 953. The van der Waals surface area contributed by atoms with Gasteiger partial charge in [-0.2, -0.15) is 0 Å². The fourth-order valence-electron chi connectivity index (χ4n) is 2.91. The second kappa shape index (κ2) is 9.28. The number of rotatable bonds is 7. The van der Waals surface area contributed by atoms with Crippen LogP contribution >= 0.6 is 11.3 Å². The van der Waals surface area contributed by atoms with E-state index in [0.29, 0.717) is 29.9 Å². The first-order chi connectivity index (χ1) is 13.6. The fraction of sp³-hybridized carbons (Fsp3) is 0.227. The molecule has 0 aliphatic carbocycles. The van der Waals surface area contributed by atoms with Gasteiger partial charge in [-0.25, -0.2) is 9.78 Å². The molecular formula is C22H22N2O3S. The Morgan fingerprint density at radius 3 is 2.46 bits per heavy atom. The summed E-state index contributed by atoms with van der Waals surface area (Å²) < 4.78 is 5.13. The van der Waals surface area contributed by atoms with Crippen LogP contribution in [0.25, 0.3) is 0 Å². The molecule has 1 heterocycles. The van der Waals surface area contributed by atoms with Gasteiger partial charge in [0.15, 0.2) is 0 Å². The normalized spacial score (nSPS) is 10.5. The van der Waals surface area contributed by atoms with Crippen LogP contribution in [0, 0.1) is 0 Å². The van der Waals surface area contributed by atoms with Crippen LogP contribution in [0.3, 0.4) is 0 Å². The molecule has 0 saturated carbocycles. The maximum atomic E-state index is 13.1. The lowest BCUT2D eigenvalue weighted by Gasteiger charge is -2.22. The van der Waals surface area contributed by atoms with E-state index in [-0.39, 0.29) is 12.5 Å². The van der Waals surface area contributed by atoms with Gasteiger partial charge in [0, 0.05) is 18.3 Å². The smallest absolute Gasteiger partial charge is 0.340 e. The predicted octanol–water partition coefficient (Wildman–Crippen LogP) is 4.58. The number of hydrogen-bond acceptors (Lipinski definition) is 5. The molecule has 0 fully saturated rings. The molecule has 0 aliphatic rings. The van der Waals surface area contributed by atoms with Crippen molar-refractivity contribution < 1.29 is 14.3 Å². The summed E-state index contributed by atoms with van der Waals surface area (Å²) in [6.45, 7) is 4.33. The first kappa shape index (κ1) is 19.8. The number of carbonyl (C=O) groups excluding carboxylic acids is 2. The number of para-hydroxylation sites is 1. The van der Waals surface area contributed by atoms with Crippen molar-refractivity contribution in [1.82, 2.24) is 4.98 Å². The summed E-state index contributed by atoms with van der Waals surface area (Å²) in [5, 5.41) is 2.65. The first-order valence-corrected chi connectivity index (χ1v) is 10.1. The summed E-state index contributed by atoms with van der Waals surface area (Å²) >= 11 is 1.46. The number of nitrogens with zero attached hydrogens (tertiary/aromatic N) is 2. The van der Waals surface area contributed by atoms with E-state index in [1.165, 1.54) is 11.3 Å². The van der Waals surface area contributed by atoms with Crippen LogP contribution in [0.15, 0.2) is 60.0 Å². The van der Waals surface area contributed by atoms with E-state index in [2.05, 4.69) is 4.98 Å². The molecule has 0 atom stereocenters. The van der Waals surface area contributed by atoms with Crippen LogP contribution in [0.1, 0.15) is 45.3 Å². The van der Waals surface area contributed by atoms with Crippen LogP contribution < -0.4 is 4.90 Å². The molecule has 144 valence electrons. The molecule has 5 nitrogen and oxygen atoms in total. The summed E-state index contributed by atoms with van der Waals surface area (Å²) in [7, 11) is 0. The van der Waals surface area contributed by atoms with E-state index in [0.717, 1.165) is 10.6 Å². The van der Waals surface area contributed by atoms with Crippen molar-refractivity contribution in [3.05, 3.63) is 81.8 Å². The number of amides is 1. The molecule has 3 aromatic rings. The SMILES string of the molecule is CCOC(=O)c1ccccc1N(CC)C(=O)c1csc(Cc2ccccc2)n1. The monoisotopic (exact) mass is 394 g/mol. The second-order valence-electron chi connectivity index (χ2n) is 6.08. The second-order valence-corrected chi connectivity index (χ2v) is 7.02. The average Bonchev–Trinajstić information content (AvgIpc) is 3.18. The van der Waals surface area contributed by atoms with Gasteiger partial charge in [-0.05, 0) is 31.5 Å². The van der Waals surface area contributed by atoms with Crippen molar-refractivity contribution in [1.29, 1.82) is 0 Å². The molecule has 0 radical (unpaired) electrons. The Kier molecular flexibility index (Phi) is 6.55. The largest absolute Gasteiger partial charge is 0.462 e. The van der Waals surface area contributed by atoms with Gasteiger partial charge < -0.3 is 9.64 Å². The van der Waals surface area contributed by atoms with Crippen LogP contribution in [-0.4, -0.2) is 30.0 Å². The highest BCUT2D eigenvalue weighted by molar-refractivity contribution is 7.09. The van der Waals surface area contributed by atoms with Crippen molar-refractivity contribution in [3.8, 4) is 0 Å². The van der Waals surface area contributed by atoms with Gasteiger partial charge in [-0.3, -0.25) is 4.79 Å². The third kappa shape index (κ3) is 4.46. The first-order valence-electron chi connectivity index (χ1n) is 9.20. The summed E-state index contributed by atoms with van der Waals surface area (Å²) in [6, 6.07) is 17.0. The zero-order valence-electron chi connectivity index (χ0n) is 15.9. The van der Waals surface area contributed by atoms with Crippen molar-refractivity contribution in [2.24, 2.45) is 0 Å². The minimum Gasteiger partial charge on any atom is -0.462 e. The lowest BCUT2D eigenvalue weighted by atomic mass is 10.1. The van der Waals surface area contributed by atoms with E-state index >= 15 is 0 Å². The van der Waals surface area contributed by atoms with Crippen LogP contribution in [0.2, 0.25) is 0 Å². The van der Waals surface area contributed by atoms with Gasteiger partial charge in [-0.1, -0.05) is 42.5 Å². The highest BCUT2D eigenvalue weighted by Crippen LogP contribution is 2.24. The van der Waals surface area contributed by atoms with E-state index in [1.807, 2.05) is 37.3 Å². The number of benzene rings is 2. The average molecular weight is 394 g/mol. The van der Waals surface area contributed by atoms with Gasteiger partial charge >= 0.3 is 5.97 Å². The number of esters is 1. The van der Waals surface area contributed by atoms with Crippen LogP contribution in [0.4, 0.5) is 5.69 Å². The van der Waals surface area contributed by atoms with Gasteiger partial charge in [0.25, 0.3) is 5.91 Å². The van der Waals surface area contributed by atoms with Crippen molar-refractivity contribution in [3.63, 3.8) is 0 Å². The minimum atomic E-state index is -0.438. The van der Waals surface area contributed by atoms with E-state index < -0.39 is 5.97 Å². The fourth-order valence-corrected chi connectivity index (χ4v) is 3.72. The summed E-state index contributed by atoms with van der Waals surface area (Å²) in [6.07, 6.45) is 0.685. The third-order valence-corrected chi connectivity index (χ3v) is 5.07. The highest BCUT2D eigenvalue weighted by Gasteiger charge is 2.24. The number of aromatic nitrogens is 1. The lowest BCUT2D eigenvalue weighted by Crippen LogP contribution is -2.32. The quantitative estimate of drug-likeness (QED) is 0.551. The van der Waals surface area contributed by atoms with Crippen molar-refractivity contribution in [2.45, 2.75) is 20.3 Å². The van der Waals surface area contributed by atoms with E-state index in [4.69, 9.17) is 4.74 Å². The van der Waals surface area contributed by atoms with Crippen molar-refractivity contribution in [2.75, 3.05) is 18.1 Å². The zero-order chi connectivity index (χ0) is 19.9. The third-order valence-electron chi connectivity index (χ3n) is 4.22. The molecule has 1 amide bonds. The van der Waals surface area contributed by atoms with Crippen molar-refractivity contribution >= 4 is 28.9 Å². The maximum absolute atomic E-state index is 13.1. The molecule has 0 unspecified atom stereocenters. The maximum Gasteiger partial charge on any atom is 0.340 e. The predicted molar refractivity (Wildman–Crippen MR) is 111 cm³/mol. The topological polar surface area (TPSA) is 59.5 Å². The van der Waals surface area contributed by atoms with Crippen LogP contribution in [0.5, 0.6) is 0 Å². The molecule has 28 heavy (non-hydrogen) atoms. The Labute approximate surface area is 168 Å². The molecule has 0 N–H and O–H groups in total. The summed E-state index contributed by atoms with van der Waals surface area (Å²) in [5.74, 6) is -0.665. The lowest BCUT2D eigenvalue weighted by molar-refractivity contribution is 0.0527. The number of anilines is 1. The Morgan fingerprint density at radius 2 is 1.75 bits per heavy atom. The number of thiazole rings is 1. The molecule has 0 aliphatic heterocycles. The standard InChI is InChI=1S/C22H22N2O3S/c1-3-24(19-13-9-8-12-17(19)22(26)27-4-2)21(25)18-15-28-20(23-18)14-16-10-6-5-7-11-16/h5-13,15H,3-4,14H2,1-2H3. The number of ether oxygens (including phenoxy) is 1. The summed E-state index contributed by atoms with van der Waals surface area (Å²) in [4.78, 5) is 31.5. The van der Waals surface area contributed by atoms with Crippen LogP contribution in [-0.2, 0) is 11.2 Å². The Balaban J connectivity index is 1.84.